The highest BCUT2D eigenvalue weighted by molar-refractivity contribution is 8.00. The average Bonchev–Trinajstić information content (AvgIpc) is 2.86. The maximum absolute atomic E-state index is 5.65. The summed E-state index contributed by atoms with van der Waals surface area (Å²) >= 11 is 3.54. The molecule has 4 heteroatoms. The minimum absolute atomic E-state index is 0.661. The molecule has 0 bridgehead atoms. The maximum atomic E-state index is 5.65. The predicted molar refractivity (Wildman–Crippen MR) is 62.9 cm³/mol. The van der Waals surface area contributed by atoms with Crippen molar-refractivity contribution in [2.24, 2.45) is 0 Å². The fraction of sp³-hybridized carbons (Fsp3) is 0.300. The summed E-state index contributed by atoms with van der Waals surface area (Å²) < 4.78 is 1.20. The number of hydrogen-bond donors (Lipinski definition) is 1. The second-order valence-corrected chi connectivity index (χ2v) is 5.93. The summed E-state index contributed by atoms with van der Waals surface area (Å²) in [5, 5.41) is 1.52. The van der Waals surface area contributed by atoms with E-state index in [0.29, 0.717) is 5.13 Å². The number of benzene rings is 1. The summed E-state index contributed by atoms with van der Waals surface area (Å²) in [5.74, 6) is 0. The zero-order valence-electron chi connectivity index (χ0n) is 7.56. The van der Waals surface area contributed by atoms with Crippen LogP contribution in [0.1, 0.15) is 12.8 Å². The molecule has 1 saturated carbocycles. The fourth-order valence-electron chi connectivity index (χ4n) is 1.37. The molecule has 0 aliphatic heterocycles. The Morgan fingerprint density at radius 1 is 1.43 bits per heavy atom. The fourth-order valence-corrected chi connectivity index (χ4v) is 3.31. The lowest BCUT2D eigenvalue weighted by molar-refractivity contribution is 1.43. The second-order valence-electron chi connectivity index (χ2n) is 3.50. The lowest BCUT2D eigenvalue weighted by Gasteiger charge is -1.97. The predicted octanol–water partition coefficient (Wildman–Crippen LogP) is 3.13. The van der Waals surface area contributed by atoms with Crippen molar-refractivity contribution in [3.8, 4) is 0 Å². The van der Waals surface area contributed by atoms with Crippen LogP contribution in [0.4, 0.5) is 5.13 Å². The van der Waals surface area contributed by atoms with Gasteiger partial charge >= 0.3 is 0 Å². The van der Waals surface area contributed by atoms with Crippen molar-refractivity contribution >= 4 is 38.4 Å². The van der Waals surface area contributed by atoms with Crippen molar-refractivity contribution in [2.75, 3.05) is 5.73 Å². The third-order valence-corrected chi connectivity index (χ3v) is 4.38. The van der Waals surface area contributed by atoms with Crippen molar-refractivity contribution in [3.05, 3.63) is 18.2 Å². The highest BCUT2D eigenvalue weighted by Gasteiger charge is 2.22. The number of nitrogens with zero attached hydrogens (tertiary/aromatic N) is 1. The molecule has 1 aliphatic rings. The van der Waals surface area contributed by atoms with E-state index in [1.807, 2.05) is 11.8 Å². The maximum Gasteiger partial charge on any atom is 0.181 e. The molecule has 1 aromatic heterocycles. The van der Waals surface area contributed by atoms with Gasteiger partial charge in [-0.1, -0.05) is 11.3 Å². The molecule has 1 fully saturated rings. The van der Waals surface area contributed by atoms with Crippen LogP contribution in [0, 0.1) is 0 Å². The summed E-state index contributed by atoms with van der Waals surface area (Å²) in [5.41, 5.74) is 6.68. The van der Waals surface area contributed by atoms with Crippen molar-refractivity contribution in [3.63, 3.8) is 0 Å². The van der Waals surface area contributed by atoms with E-state index in [0.717, 1.165) is 10.8 Å². The zero-order chi connectivity index (χ0) is 9.54. The van der Waals surface area contributed by atoms with Gasteiger partial charge < -0.3 is 5.73 Å². The molecule has 2 nitrogen and oxygen atoms in total. The lowest BCUT2D eigenvalue weighted by atomic mass is 10.3. The first kappa shape index (κ1) is 8.56. The van der Waals surface area contributed by atoms with E-state index in [9.17, 15) is 0 Å². The summed E-state index contributed by atoms with van der Waals surface area (Å²) in [6, 6.07) is 6.41. The van der Waals surface area contributed by atoms with Gasteiger partial charge in [0.15, 0.2) is 5.13 Å². The van der Waals surface area contributed by atoms with E-state index < -0.39 is 0 Å². The molecule has 2 aromatic rings. The Kier molecular flexibility index (Phi) is 1.92. The van der Waals surface area contributed by atoms with Gasteiger partial charge in [0.25, 0.3) is 0 Å². The van der Waals surface area contributed by atoms with Gasteiger partial charge in [0, 0.05) is 10.1 Å². The van der Waals surface area contributed by atoms with Gasteiger partial charge in [-0.05, 0) is 31.0 Å². The monoisotopic (exact) mass is 222 g/mol. The molecule has 0 radical (unpaired) electrons. The van der Waals surface area contributed by atoms with E-state index in [1.165, 1.54) is 22.4 Å². The van der Waals surface area contributed by atoms with Crippen LogP contribution in [-0.2, 0) is 0 Å². The minimum Gasteiger partial charge on any atom is -0.375 e. The van der Waals surface area contributed by atoms with Crippen LogP contribution in [-0.4, -0.2) is 10.2 Å². The number of anilines is 1. The van der Waals surface area contributed by atoms with Crippen molar-refractivity contribution in [1.29, 1.82) is 0 Å². The lowest BCUT2D eigenvalue weighted by Crippen LogP contribution is -1.79. The first-order valence-corrected chi connectivity index (χ1v) is 6.33. The molecule has 3 rings (SSSR count). The van der Waals surface area contributed by atoms with Gasteiger partial charge in [-0.3, -0.25) is 0 Å². The van der Waals surface area contributed by atoms with Gasteiger partial charge in [0.2, 0.25) is 0 Å². The number of hydrogen-bond acceptors (Lipinski definition) is 4. The molecule has 0 saturated heterocycles. The van der Waals surface area contributed by atoms with Crippen LogP contribution < -0.4 is 5.73 Å². The van der Waals surface area contributed by atoms with Crippen LogP contribution >= 0.6 is 23.1 Å². The zero-order valence-corrected chi connectivity index (χ0v) is 9.20. The van der Waals surface area contributed by atoms with Crippen molar-refractivity contribution < 1.29 is 0 Å². The first-order valence-electron chi connectivity index (χ1n) is 4.64. The van der Waals surface area contributed by atoms with E-state index in [1.54, 1.807) is 11.3 Å². The molecule has 1 heterocycles. The van der Waals surface area contributed by atoms with E-state index in [4.69, 9.17) is 5.73 Å². The van der Waals surface area contributed by atoms with Gasteiger partial charge in [-0.25, -0.2) is 4.98 Å². The van der Waals surface area contributed by atoms with Crippen LogP contribution in [0.15, 0.2) is 23.1 Å². The molecule has 2 N–H and O–H groups in total. The topological polar surface area (TPSA) is 38.9 Å². The summed E-state index contributed by atoms with van der Waals surface area (Å²) in [6.45, 7) is 0. The van der Waals surface area contributed by atoms with Gasteiger partial charge in [0.05, 0.1) is 10.2 Å². The molecule has 72 valence electrons. The van der Waals surface area contributed by atoms with E-state index >= 15 is 0 Å². The average molecular weight is 222 g/mol. The molecule has 0 atom stereocenters. The molecule has 0 unspecified atom stereocenters. The molecule has 0 amide bonds. The van der Waals surface area contributed by atoms with E-state index in [-0.39, 0.29) is 0 Å². The minimum atomic E-state index is 0.661. The molecular weight excluding hydrogens is 212 g/mol. The second kappa shape index (κ2) is 3.14. The highest BCUT2D eigenvalue weighted by atomic mass is 32.2. The normalized spacial score (nSPS) is 16.3. The van der Waals surface area contributed by atoms with E-state index in [2.05, 4.69) is 23.2 Å². The van der Waals surface area contributed by atoms with Gasteiger partial charge in [-0.15, -0.1) is 11.8 Å². The van der Waals surface area contributed by atoms with Gasteiger partial charge in [0.1, 0.15) is 0 Å². The number of aromatic nitrogens is 1. The smallest absolute Gasteiger partial charge is 0.181 e. The summed E-state index contributed by atoms with van der Waals surface area (Å²) in [7, 11) is 0. The Hall–Kier alpha value is -0.740. The Labute approximate surface area is 90.5 Å². The number of thioether (sulfide) groups is 1. The number of nitrogen functional groups attached to an aromatic ring is 1. The standard InChI is InChI=1S/C10H10N2S2/c11-10-12-8-4-3-7(5-9(8)14-10)13-6-1-2-6/h3-6H,1-2H2,(H2,11,12). The number of fused-ring (bicyclic) bond motifs is 1. The Balaban J connectivity index is 2.00. The third kappa shape index (κ3) is 1.60. The van der Waals surface area contributed by atoms with Crippen molar-refractivity contribution in [1.82, 2.24) is 4.98 Å². The summed E-state index contributed by atoms with van der Waals surface area (Å²) in [4.78, 5) is 5.59. The number of nitrogens with two attached hydrogens (primary N) is 1. The summed E-state index contributed by atoms with van der Waals surface area (Å²) in [6.07, 6.45) is 2.74. The van der Waals surface area contributed by atoms with Crippen molar-refractivity contribution in [2.45, 2.75) is 23.0 Å². The highest BCUT2D eigenvalue weighted by Crippen LogP contribution is 2.40. The number of rotatable bonds is 2. The Bertz CT molecular complexity index is 474. The number of thiazole rings is 1. The largest absolute Gasteiger partial charge is 0.375 e. The first-order chi connectivity index (χ1) is 6.81. The van der Waals surface area contributed by atoms with Crippen LogP contribution in [0.3, 0.4) is 0 Å². The quantitative estimate of drug-likeness (QED) is 0.848. The van der Waals surface area contributed by atoms with Crippen LogP contribution in [0.25, 0.3) is 10.2 Å². The Morgan fingerprint density at radius 3 is 3.07 bits per heavy atom. The molecule has 14 heavy (non-hydrogen) atoms. The molecular formula is C10H10N2S2. The van der Waals surface area contributed by atoms with Crippen LogP contribution in [0.5, 0.6) is 0 Å². The third-order valence-electron chi connectivity index (χ3n) is 2.20. The van der Waals surface area contributed by atoms with Crippen LogP contribution in [0.2, 0.25) is 0 Å². The molecule has 1 aromatic carbocycles. The molecule has 1 aliphatic carbocycles. The Morgan fingerprint density at radius 2 is 2.29 bits per heavy atom. The SMILES string of the molecule is Nc1nc2ccc(SC3CC3)cc2s1. The molecule has 0 spiro atoms. The van der Waals surface area contributed by atoms with Gasteiger partial charge in [-0.2, -0.15) is 0 Å².